The molecule has 0 aromatic heterocycles. The quantitative estimate of drug-likeness (QED) is 0.604. The number of nitrogens with zero attached hydrogens (tertiary/aromatic N) is 1. The molecule has 0 bridgehead atoms. The highest BCUT2D eigenvalue weighted by Gasteiger charge is 1.89. The minimum Gasteiger partial charge on any atom is -0.347 e. The maximum absolute atomic E-state index is 4.10. The molecule has 0 fully saturated rings. The molecule has 0 radical (unpaired) electrons. The molecule has 0 spiro atoms. The number of hydrogen-bond acceptors (Lipinski definition) is 2. The lowest BCUT2D eigenvalue weighted by Crippen LogP contribution is -2.05. The van der Waals surface area contributed by atoms with E-state index in [9.17, 15) is 0 Å². The molecule has 0 saturated heterocycles. The van der Waals surface area contributed by atoms with Gasteiger partial charge in [-0.2, -0.15) is 0 Å². The summed E-state index contributed by atoms with van der Waals surface area (Å²) >= 11 is 0. The standard InChI is InChI=1S/C9H12N2/c1-8(2)4-5-9-10-6-3-7-11-9/h3-7,10H,1-2H3/b9-5+. The van der Waals surface area contributed by atoms with Gasteiger partial charge in [0.1, 0.15) is 5.82 Å². The largest absolute Gasteiger partial charge is 0.347 e. The number of nitrogens with one attached hydrogen (secondary N) is 1. The van der Waals surface area contributed by atoms with Gasteiger partial charge < -0.3 is 5.32 Å². The van der Waals surface area contributed by atoms with Crippen LogP contribution in [0.1, 0.15) is 13.8 Å². The Morgan fingerprint density at radius 3 is 2.91 bits per heavy atom. The molecule has 11 heavy (non-hydrogen) atoms. The van der Waals surface area contributed by atoms with E-state index < -0.39 is 0 Å². The maximum atomic E-state index is 4.10. The van der Waals surface area contributed by atoms with Crippen molar-refractivity contribution in [2.75, 3.05) is 0 Å². The monoisotopic (exact) mass is 148 g/mol. The Morgan fingerprint density at radius 2 is 2.36 bits per heavy atom. The van der Waals surface area contributed by atoms with Crippen molar-refractivity contribution in [3.8, 4) is 0 Å². The van der Waals surface area contributed by atoms with Crippen molar-refractivity contribution in [2.24, 2.45) is 4.99 Å². The Labute approximate surface area is 67.0 Å². The first-order valence-electron chi connectivity index (χ1n) is 3.60. The molecule has 1 aliphatic rings. The van der Waals surface area contributed by atoms with Gasteiger partial charge in [0, 0.05) is 12.4 Å². The Kier molecular flexibility index (Phi) is 2.66. The average molecular weight is 148 g/mol. The van der Waals surface area contributed by atoms with Crippen molar-refractivity contribution in [1.82, 2.24) is 5.32 Å². The molecular formula is C9H12N2. The van der Waals surface area contributed by atoms with Crippen molar-refractivity contribution in [2.45, 2.75) is 13.8 Å². The topological polar surface area (TPSA) is 24.4 Å². The van der Waals surface area contributed by atoms with Crippen LogP contribution in [0.4, 0.5) is 0 Å². The molecule has 0 atom stereocenters. The summed E-state index contributed by atoms with van der Waals surface area (Å²) in [6, 6.07) is 0. The molecule has 0 aliphatic carbocycles. The van der Waals surface area contributed by atoms with Crippen molar-refractivity contribution in [3.05, 3.63) is 35.8 Å². The van der Waals surface area contributed by atoms with Gasteiger partial charge in [-0.05, 0) is 26.0 Å². The molecule has 0 aromatic carbocycles. The smallest absolute Gasteiger partial charge is 0.129 e. The van der Waals surface area contributed by atoms with Crippen LogP contribution in [0.2, 0.25) is 0 Å². The van der Waals surface area contributed by atoms with Crippen LogP contribution in [-0.4, -0.2) is 6.21 Å². The molecule has 58 valence electrons. The number of allylic oxidation sites excluding steroid dienone is 4. The highest BCUT2D eigenvalue weighted by atomic mass is 15.0. The first kappa shape index (κ1) is 7.79. The van der Waals surface area contributed by atoms with Gasteiger partial charge in [0.05, 0.1) is 0 Å². The Morgan fingerprint density at radius 1 is 1.55 bits per heavy atom. The fourth-order valence-corrected chi connectivity index (χ4v) is 0.674. The lowest BCUT2D eigenvalue weighted by Gasteiger charge is -2.02. The second kappa shape index (κ2) is 3.76. The fourth-order valence-electron chi connectivity index (χ4n) is 0.674. The first-order chi connectivity index (χ1) is 5.29. The summed E-state index contributed by atoms with van der Waals surface area (Å²) < 4.78 is 0. The van der Waals surface area contributed by atoms with E-state index in [1.807, 2.05) is 24.4 Å². The minimum absolute atomic E-state index is 0.883. The zero-order chi connectivity index (χ0) is 8.10. The Balaban J connectivity index is 2.61. The molecule has 2 nitrogen and oxygen atoms in total. The molecule has 2 heteroatoms. The van der Waals surface area contributed by atoms with E-state index in [1.54, 1.807) is 6.21 Å². The molecule has 1 N–H and O–H groups in total. The SMILES string of the molecule is CC(C)=C/C=C1/N=CC=CN1. The van der Waals surface area contributed by atoms with Crippen molar-refractivity contribution >= 4 is 6.21 Å². The number of hydrogen-bond donors (Lipinski definition) is 1. The summed E-state index contributed by atoms with van der Waals surface area (Å²) in [4.78, 5) is 4.10. The van der Waals surface area contributed by atoms with Crippen LogP contribution in [0.5, 0.6) is 0 Å². The summed E-state index contributed by atoms with van der Waals surface area (Å²) in [5.41, 5.74) is 1.27. The molecule has 0 amide bonds. The van der Waals surface area contributed by atoms with Gasteiger partial charge in [-0.3, -0.25) is 0 Å². The lowest BCUT2D eigenvalue weighted by molar-refractivity contribution is 1.02. The van der Waals surface area contributed by atoms with Crippen LogP contribution in [0, 0.1) is 0 Å². The van der Waals surface area contributed by atoms with Gasteiger partial charge in [0.2, 0.25) is 0 Å². The van der Waals surface area contributed by atoms with E-state index in [4.69, 9.17) is 0 Å². The highest BCUT2D eigenvalue weighted by Crippen LogP contribution is 1.97. The first-order valence-corrected chi connectivity index (χ1v) is 3.60. The average Bonchev–Trinajstić information content (AvgIpc) is 2.03. The summed E-state index contributed by atoms with van der Waals surface area (Å²) in [5, 5.41) is 3.01. The Hall–Kier alpha value is -1.31. The molecule has 1 heterocycles. The van der Waals surface area contributed by atoms with E-state index in [0.717, 1.165) is 5.82 Å². The number of rotatable bonds is 1. The number of aliphatic imine (C=N–C) groups is 1. The van der Waals surface area contributed by atoms with Crippen LogP contribution in [0.15, 0.2) is 40.8 Å². The van der Waals surface area contributed by atoms with E-state index in [1.165, 1.54) is 5.57 Å². The van der Waals surface area contributed by atoms with Crippen molar-refractivity contribution in [3.63, 3.8) is 0 Å². The van der Waals surface area contributed by atoms with Crippen molar-refractivity contribution in [1.29, 1.82) is 0 Å². The van der Waals surface area contributed by atoms with E-state index >= 15 is 0 Å². The maximum Gasteiger partial charge on any atom is 0.129 e. The third-order valence-corrected chi connectivity index (χ3v) is 1.20. The molecule has 1 rings (SSSR count). The molecule has 0 unspecified atom stereocenters. The lowest BCUT2D eigenvalue weighted by atomic mass is 10.3. The van der Waals surface area contributed by atoms with Crippen LogP contribution < -0.4 is 5.32 Å². The van der Waals surface area contributed by atoms with E-state index in [2.05, 4.69) is 24.2 Å². The Bertz CT molecular complexity index is 240. The predicted octanol–water partition coefficient (Wildman–Crippen LogP) is 1.98. The highest BCUT2D eigenvalue weighted by molar-refractivity contribution is 5.73. The molecule has 0 aromatic rings. The van der Waals surface area contributed by atoms with Crippen LogP contribution in [0.25, 0.3) is 0 Å². The second-order valence-electron chi connectivity index (χ2n) is 2.58. The second-order valence-corrected chi connectivity index (χ2v) is 2.58. The molecule has 1 aliphatic heterocycles. The summed E-state index contributed by atoms with van der Waals surface area (Å²) in [7, 11) is 0. The van der Waals surface area contributed by atoms with Gasteiger partial charge in [-0.1, -0.05) is 11.6 Å². The van der Waals surface area contributed by atoms with Crippen LogP contribution in [-0.2, 0) is 0 Å². The molecular weight excluding hydrogens is 136 g/mol. The summed E-state index contributed by atoms with van der Waals surface area (Å²) in [5.74, 6) is 0.883. The van der Waals surface area contributed by atoms with Gasteiger partial charge >= 0.3 is 0 Å². The van der Waals surface area contributed by atoms with Gasteiger partial charge in [-0.15, -0.1) is 0 Å². The predicted molar refractivity (Wildman–Crippen MR) is 48.3 cm³/mol. The third kappa shape index (κ3) is 2.85. The molecule has 0 saturated carbocycles. The van der Waals surface area contributed by atoms with E-state index in [0.29, 0.717) is 0 Å². The zero-order valence-corrected chi connectivity index (χ0v) is 6.83. The fraction of sp³-hybridized carbons (Fsp3) is 0.222. The minimum atomic E-state index is 0.883. The van der Waals surface area contributed by atoms with Gasteiger partial charge in [0.15, 0.2) is 0 Å². The normalized spacial score (nSPS) is 18.2. The summed E-state index contributed by atoms with van der Waals surface area (Å²) in [6.45, 7) is 4.11. The van der Waals surface area contributed by atoms with E-state index in [-0.39, 0.29) is 0 Å². The van der Waals surface area contributed by atoms with Gasteiger partial charge in [-0.25, -0.2) is 4.99 Å². The van der Waals surface area contributed by atoms with Crippen LogP contribution in [0.3, 0.4) is 0 Å². The summed E-state index contributed by atoms with van der Waals surface area (Å²) in [6.07, 6.45) is 9.47. The third-order valence-electron chi connectivity index (χ3n) is 1.20. The van der Waals surface area contributed by atoms with Crippen molar-refractivity contribution < 1.29 is 0 Å². The zero-order valence-electron chi connectivity index (χ0n) is 6.83. The van der Waals surface area contributed by atoms with Crippen LogP contribution >= 0.6 is 0 Å². The van der Waals surface area contributed by atoms with Gasteiger partial charge in [0.25, 0.3) is 0 Å².